The Morgan fingerprint density at radius 1 is 1.04 bits per heavy atom. The molecule has 0 atom stereocenters. The van der Waals surface area contributed by atoms with Crippen molar-refractivity contribution in [1.29, 1.82) is 0 Å². The molecule has 28 heavy (non-hydrogen) atoms. The first kappa shape index (κ1) is 21.5. The fourth-order valence-corrected chi connectivity index (χ4v) is 2.79. The van der Waals surface area contributed by atoms with E-state index in [4.69, 9.17) is 18.7 Å². The Balaban J connectivity index is 2.43. The number of ketones is 1. The quantitative estimate of drug-likeness (QED) is 0.369. The number of carbonyl (C=O) groups is 1. The second kappa shape index (κ2) is 9.41. The second-order valence-electron chi connectivity index (χ2n) is 5.48. The number of phosphoric acid groups is 1. The monoisotopic (exact) mass is 408 g/mol. The molecule has 0 spiro atoms. The number of hydrogen-bond donors (Lipinski definition) is 2. The standard InChI is InChI=1S/C19H21O8P/c1-4-26-15-11-17(25-3)19(18(12-15)27-28(21,22)23)16(20)10-7-13-5-8-14(24-2)9-6-13/h5-12H,4H2,1-3H3,(H2,21,22,23). The summed E-state index contributed by atoms with van der Waals surface area (Å²) >= 11 is 0. The molecule has 0 aromatic heterocycles. The van der Waals surface area contributed by atoms with Gasteiger partial charge in [-0.25, -0.2) is 4.57 Å². The van der Waals surface area contributed by atoms with Gasteiger partial charge < -0.3 is 18.7 Å². The molecule has 0 saturated carbocycles. The molecule has 0 fully saturated rings. The van der Waals surface area contributed by atoms with Gasteiger partial charge in [0.05, 0.1) is 20.8 Å². The van der Waals surface area contributed by atoms with Gasteiger partial charge in [-0.15, -0.1) is 0 Å². The van der Waals surface area contributed by atoms with E-state index in [9.17, 15) is 19.1 Å². The van der Waals surface area contributed by atoms with Crippen LogP contribution >= 0.6 is 7.82 Å². The summed E-state index contributed by atoms with van der Waals surface area (Å²) in [4.78, 5) is 31.1. The average molecular weight is 408 g/mol. The Bertz CT molecular complexity index is 899. The molecule has 2 N–H and O–H groups in total. The third-order valence-corrected chi connectivity index (χ3v) is 4.01. The van der Waals surface area contributed by atoms with Gasteiger partial charge in [-0.2, -0.15) is 0 Å². The smallest absolute Gasteiger partial charge is 0.497 e. The maximum atomic E-state index is 12.7. The van der Waals surface area contributed by atoms with Crippen LogP contribution in [-0.2, 0) is 4.57 Å². The van der Waals surface area contributed by atoms with Crippen molar-refractivity contribution >= 4 is 19.7 Å². The van der Waals surface area contributed by atoms with Gasteiger partial charge in [0.25, 0.3) is 0 Å². The number of carbonyl (C=O) groups excluding carboxylic acids is 1. The Hall–Kier alpha value is -2.80. The van der Waals surface area contributed by atoms with E-state index in [0.717, 1.165) is 5.56 Å². The van der Waals surface area contributed by atoms with E-state index in [1.54, 1.807) is 44.4 Å². The van der Waals surface area contributed by atoms with Gasteiger partial charge in [-0.05, 0) is 30.7 Å². The predicted molar refractivity (Wildman–Crippen MR) is 103 cm³/mol. The molecule has 2 aromatic carbocycles. The zero-order valence-electron chi connectivity index (χ0n) is 15.6. The SMILES string of the molecule is CCOc1cc(OC)c(C(=O)C=Cc2ccc(OC)cc2)c(OP(=O)(O)O)c1. The third kappa shape index (κ3) is 5.85. The number of hydrogen-bond acceptors (Lipinski definition) is 6. The van der Waals surface area contributed by atoms with Gasteiger partial charge in [0, 0.05) is 12.1 Å². The number of rotatable bonds is 9. The topological polar surface area (TPSA) is 112 Å². The second-order valence-corrected chi connectivity index (χ2v) is 6.65. The number of allylic oxidation sites excluding steroid dienone is 1. The van der Waals surface area contributed by atoms with Gasteiger partial charge in [0.1, 0.15) is 28.6 Å². The lowest BCUT2D eigenvalue weighted by Crippen LogP contribution is -2.05. The van der Waals surface area contributed by atoms with Gasteiger partial charge in [-0.1, -0.05) is 18.2 Å². The molecule has 2 rings (SSSR count). The van der Waals surface area contributed by atoms with Crippen LogP contribution < -0.4 is 18.7 Å². The molecular weight excluding hydrogens is 387 g/mol. The van der Waals surface area contributed by atoms with Crippen molar-refractivity contribution in [3.63, 3.8) is 0 Å². The van der Waals surface area contributed by atoms with Crippen LogP contribution in [0.1, 0.15) is 22.8 Å². The summed E-state index contributed by atoms with van der Waals surface area (Å²) in [6.45, 7) is 2.05. The average Bonchev–Trinajstić information content (AvgIpc) is 2.65. The zero-order chi connectivity index (χ0) is 20.7. The largest absolute Gasteiger partial charge is 0.524 e. The Kier molecular flexibility index (Phi) is 7.23. The lowest BCUT2D eigenvalue weighted by Gasteiger charge is -2.15. The molecule has 9 heteroatoms. The van der Waals surface area contributed by atoms with Crippen LogP contribution in [0.15, 0.2) is 42.5 Å². The fourth-order valence-electron chi connectivity index (χ4n) is 2.39. The number of ether oxygens (including phenoxy) is 3. The molecule has 8 nitrogen and oxygen atoms in total. The predicted octanol–water partition coefficient (Wildman–Crippen LogP) is 3.47. The van der Waals surface area contributed by atoms with Crippen molar-refractivity contribution in [3.05, 3.63) is 53.6 Å². The normalized spacial score (nSPS) is 11.3. The highest BCUT2D eigenvalue weighted by Gasteiger charge is 2.25. The van der Waals surface area contributed by atoms with E-state index in [1.165, 1.54) is 25.3 Å². The number of benzene rings is 2. The van der Waals surface area contributed by atoms with Gasteiger partial charge in [0.15, 0.2) is 5.78 Å². The van der Waals surface area contributed by atoms with Crippen LogP contribution in [0.4, 0.5) is 0 Å². The molecule has 2 aromatic rings. The van der Waals surface area contributed by atoms with Crippen molar-refractivity contribution in [2.75, 3.05) is 20.8 Å². The molecule has 150 valence electrons. The van der Waals surface area contributed by atoms with E-state index in [0.29, 0.717) is 12.4 Å². The first-order chi connectivity index (χ1) is 13.3. The van der Waals surface area contributed by atoms with Crippen LogP contribution in [0.25, 0.3) is 6.08 Å². The first-order valence-corrected chi connectivity index (χ1v) is 9.77. The number of phosphoric ester groups is 1. The Morgan fingerprint density at radius 3 is 2.21 bits per heavy atom. The van der Waals surface area contributed by atoms with Crippen molar-refractivity contribution < 1.29 is 37.9 Å². The molecule has 0 aliphatic carbocycles. The molecule has 0 unspecified atom stereocenters. The summed E-state index contributed by atoms with van der Waals surface area (Å²) in [5, 5.41) is 0. The first-order valence-electron chi connectivity index (χ1n) is 8.23. The van der Waals surface area contributed by atoms with E-state index in [-0.39, 0.29) is 22.8 Å². The van der Waals surface area contributed by atoms with Crippen molar-refractivity contribution in [2.45, 2.75) is 6.92 Å². The third-order valence-electron chi connectivity index (χ3n) is 3.58. The molecule has 0 heterocycles. The van der Waals surface area contributed by atoms with Crippen LogP contribution in [0.5, 0.6) is 23.0 Å². The summed E-state index contributed by atoms with van der Waals surface area (Å²) in [7, 11) is -2.03. The van der Waals surface area contributed by atoms with Gasteiger partial charge in [0.2, 0.25) is 0 Å². The highest BCUT2D eigenvalue weighted by atomic mass is 31.2. The van der Waals surface area contributed by atoms with E-state index in [1.807, 2.05) is 0 Å². The molecule has 0 aliphatic rings. The van der Waals surface area contributed by atoms with E-state index >= 15 is 0 Å². The summed E-state index contributed by atoms with van der Waals surface area (Å²) in [5.41, 5.74) is 0.607. The van der Waals surface area contributed by atoms with E-state index < -0.39 is 13.6 Å². The summed E-state index contributed by atoms with van der Waals surface area (Å²) in [5.74, 6) is 0.103. The molecular formula is C19H21O8P. The van der Waals surface area contributed by atoms with Crippen LogP contribution in [0.2, 0.25) is 0 Å². The van der Waals surface area contributed by atoms with Gasteiger partial charge >= 0.3 is 7.82 Å². The molecule has 0 saturated heterocycles. The molecule has 0 aliphatic heterocycles. The molecule has 0 amide bonds. The van der Waals surface area contributed by atoms with Gasteiger partial charge in [-0.3, -0.25) is 14.6 Å². The zero-order valence-corrected chi connectivity index (χ0v) is 16.5. The maximum absolute atomic E-state index is 12.7. The highest BCUT2D eigenvalue weighted by molar-refractivity contribution is 7.46. The van der Waals surface area contributed by atoms with Crippen LogP contribution in [0.3, 0.4) is 0 Å². The Morgan fingerprint density at radius 2 is 1.68 bits per heavy atom. The molecule has 0 bridgehead atoms. The minimum Gasteiger partial charge on any atom is -0.497 e. The lowest BCUT2D eigenvalue weighted by molar-refractivity contribution is 0.104. The lowest BCUT2D eigenvalue weighted by atomic mass is 10.1. The minimum absolute atomic E-state index is 0.0683. The van der Waals surface area contributed by atoms with Crippen molar-refractivity contribution in [3.8, 4) is 23.0 Å². The molecule has 0 radical (unpaired) electrons. The van der Waals surface area contributed by atoms with Crippen LogP contribution in [0, 0.1) is 0 Å². The summed E-state index contributed by atoms with van der Waals surface area (Å²) < 4.78 is 31.7. The Labute approximate surface area is 162 Å². The highest BCUT2D eigenvalue weighted by Crippen LogP contribution is 2.44. The number of methoxy groups -OCH3 is 2. The van der Waals surface area contributed by atoms with Crippen molar-refractivity contribution in [2.24, 2.45) is 0 Å². The van der Waals surface area contributed by atoms with Crippen molar-refractivity contribution in [1.82, 2.24) is 0 Å². The fraction of sp³-hybridized carbons (Fsp3) is 0.211. The van der Waals surface area contributed by atoms with E-state index in [2.05, 4.69) is 0 Å². The van der Waals surface area contributed by atoms with Crippen LogP contribution in [-0.4, -0.2) is 36.4 Å². The summed E-state index contributed by atoms with van der Waals surface area (Å²) in [6, 6.07) is 9.67. The maximum Gasteiger partial charge on any atom is 0.524 e. The minimum atomic E-state index is -4.91. The summed E-state index contributed by atoms with van der Waals surface area (Å²) in [6.07, 6.45) is 2.81.